The third kappa shape index (κ3) is 6.39. The van der Waals surface area contributed by atoms with E-state index in [2.05, 4.69) is 201 Å². The highest BCUT2D eigenvalue weighted by molar-refractivity contribution is 6.22. The normalized spacial score (nSPS) is 11.2. The summed E-state index contributed by atoms with van der Waals surface area (Å²) < 4.78 is 0. The zero-order valence-electron chi connectivity index (χ0n) is 30.0. The van der Waals surface area contributed by atoms with Crippen LogP contribution in [-0.4, -0.2) is 0 Å². The van der Waals surface area contributed by atoms with Gasteiger partial charge in [0.05, 0.1) is 0 Å². The van der Waals surface area contributed by atoms with Crippen molar-refractivity contribution in [1.82, 2.24) is 0 Å². The summed E-state index contributed by atoms with van der Waals surface area (Å²) in [6.07, 6.45) is 5.70. The molecule has 0 amide bonds. The summed E-state index contributed by atoms with van der Waals surface area (Å²) in [5.74, 6) is 0. The van der Waals surface area contributed by atoms with Gasteiger partial charge in [-0.1, -0.05) is 221 Å². The van der Waals surface area contributed by atoms with E-state index in [0.717, 1.165) is 11.1 Å². The first-order chi connectivity index (χ1) is 26.7. The Hall–Kier alpha value is -7.02. The van der Waals surface area contributed by atoms with Crippen LogP contribution >= 0.6 is 0 Å². The van der Waals surface area contributed by atoms with Crippen LogP contribution in [0.4, 0.5) is 0 Å². The lowest BCUT2D eigenvalue weighted by Crippen LogP contribution is -1.93. The molecular formula is C55H42. The molecule has 0 nitrogen and oxygen atoms in total. The van der Waals surface area contributed by atoms with Crippen LogP contribution in [0.15, 0.2) is 219 Å². The Kier molecular flexibility index (Phi) is 9.65. The van der Waals surface area contributed by atoms with Gasteiger partial charge in [0.1, 0.15) is 0 Å². The van der Waals surface area contributed by atoms with Gasteiger partial charge >= 0.3 is 0 Å². The molecule has 9 aromatic carbocycles. The van der Waals surface area contributed by atoms with E-state index in [1.54, 1.807) is 6.08 Å². The van der Waals surface area contributed by atoms with Gasteiger partial charge in [0.2, 0.25) is 0 Å². The second-order valence-electron chi connectivity index (χ2n) is 13.7. The van der Waals surface area contributed by atoms with E-state index in [1.807, 2.05) is 12.2 Å². The maximum Gasteiger partial charge on any atom is -0.00261 e. The van der Waals surface area contributed by atoms with Crippen LogP contribution in [0, 0.1) is 0 Å². The third-order valence-corrected chi connectivity index (χ3v) is 10.6. The van der Waals surface area contributed by atoms with E-state index < -0.39 is 0 Å². The molecule has 0 fully saturated rings. The van der Waals surface area contributed by atoms with Crippen molar-refractivity contribution in [2.75, 3.05) is 0 Å². The molecule has 0 N–H and O–H groups in total. The Morgan fingerprint density at radius 1 is 0.364 bits per heavy atom. The standard InChI is InChI=1S/C54H38.CH4/c1-3-4-17-37(2)38-28-30-40(31-29-38)43-22-11-12-23-45(43)47-35-34-44(39-18-7-5-8-19-39)46-33-32-42(36-52(46)47)54-50-26-15-13-24-48(50)53(41-20-9-6-10-21-41)49-25-14-16-27-51(49)54;/h3-36H,1-2H2;1H4/b17-4-;. The summed E-state index contributed by atoms with van der Waals surface area (Å²) in [4.78, 5) is 0. The first kappa shape index (κ1) is 35.0. The molecule has 0 aliphatic heterocycles. The van der Waals surface area contributed by atoms with Gasteiger partial charge < -0.3 is 0 Å². The summed E-state index contributed by atoms with van der Waals surface area (Å²) in [6, 6.07) is 68.6. The number of hydrogen-bond acceptors (Lipinski definition) is 0. The Balaban J connectivity index is 0.00000427. The Bertz CT molecular complexity index is 2820. The summed E-state index contributed by atoms with van der Waals surface area (Å²) in [5, 5.41) is 7.47. The molecular weight excluding hydrogens is 661 g/mol. The van der Waals surface area contributed by atoms with Crippen molar-refractivity contribution in [3.63, 3.8) is 0 Å². The predicted octanol–water partition coefficient (Wildman–Crippen LogP) is 15.9. The van der Waals surface area contributed by atoms with Crippen molar-refractivity contribution in [2.45, 2.75) is 7.43 Å². The summed E-state index contributed by atoms with van der Waals surface area (Å²) in [7, 11) is 0. The van der Waals surface area contributed by atoms with Crippen LogP contribution < -0.4 is 0 Å². The van der Waals surface area contributed by atoms with Crippen molar-refractivity contribution < 1.29 is 0 Å². The SMILES string of the molecule is C.C=C/C=C\C(=C)c1ccc(-c2ccccc2-c2ccc(-c3ccccc3)c3ccc(-c4c5ccccc5c(-c5ccccc5)c5ccccc45)cc23)cc1. The minimum absolute atomic E-state index is 0. The van der Waals surface area contributed by atoms with E-state index in [1.165, 1.54) is 88.0 Å². The van der Waals surface area contributed by atoms with Crippen molar-refractivity contribution in [1.29, 1.82) is 0 Å². The van der Waals surface area contributed by atoms with Crippen LogP contribution in [0.1, 0.15) is 13.0 Å². The molecule has 0 spiro atoms. The molecule has 0 aliphatic carbocycles. The van der Waals surface area contributed by atoms with Crippen molar-refractivity contribution in [3.05, 3.63) is 225 Å². The molecule has 0 aromatic heterocycles. The molecule has 0 atom stereocenters. The van der Waals surface area contributed by atoms with Gasteiger partial charge in [-0.3, -0.25) is 0 Å². The van der Waals surface area contributed by atoms with Crippen molar-refractivity contribution >= 4 is 37.9 Å². The monoisotopic (exact) mass is 702 g/mol. The molecule has 55 heavy (non-hydrogen) atoms. The number of fused-ring (bicyclic) bond motifs is 3. The molecule has 262 valence electrons. The number of benzene rings is 9. The van der Waals surface area contributed by atoms with E-state index >= 15 is 0 Å². The molecule has 0 heteroatoms. The number of rotatable bonds is 8. The topological polar surface area (TPSA) is 0 Å². The molecule has 0 bridgehead atoms. The lowest BCUT2D eigenvalue weighted by atomic mass is 9.84. The summed E-state index contributed by atoms with van der Waals surface area (Å²) in [5.41, 5.74) is 14.2. The van der Waals surface area contributed by atoms with E-state index in [0.29, 0.717) is 0 Å². The first-order valence-electron chi connectivity index (χ1n) is 18.5. The lowest BCUT2D eigenvalue weighted by Gasteiger charge is -2.19. The van der Waals surface area contributed by atoms with E-state index in [-0.39, 0.29) is 7.43 Å². The molecule has 0 aliphatic rings. The van der Waals surface area contributed by atoms with Gasteiger partial charge in [-0.25, -0.2) is 0 Å². The average molecular weight is 703 g/mol. The van der Waals surface area contributed by atoms with Crippen molar-refractivity contribution in [3.8, 4) is 55.6 Å². The number of hydrogen-bond donors (Lipinski definition) is 0. The first-order valence-corrected chi connectivity index (χ1v) is 18.5. The zero-order valence-corrected chi connectivity index (χ0v) is 30.0. The fourth-order valence-corrected chi connectivity index (χ4v) is 8.08. The molecule has 0 radical (unpaired) electrons. The Morgan fingerprint density at radius 2 is 0.836 bits per heavy atom. The Morgan fingerprint density at radius 3 is 1.44 bits per heavy atom. The molecule has 9 aromatic rings. The highest BCUT2D eigenvalue weighted by Gasteiger charge is 2.19. The molecule has 0 heterocycles. The summed E-state index contributed by atoms with van der Waals surface area (Å²) >= 11 is 0. The predicted molar refractivity (Wildman–Crippen MR) is 241 cm³/mol. The second-order valence-corrected chi connectivity index (χ2v) is 13.7. The Labute approximate surface area is 324 Å². The molecule has 0 unspecified atom stereocenters. The summed E-state index contributed by atoms with van der Waals surface area (Å²) in [6.45, 7) is 8.05. The number of allylic oxidation sites excluding steroid dienone is 4. The van der Waals surface area contributed by atoms with Gasteiger partial charge in [0.25, 0.3) is 0 Å². The van der Waals surface area contributed by atoms with Gasteiger partial charge in [0.15, 0.2) is 0 Å². The zero-order chi connectivity index (χ0) is 36.4. The van der Waals surface area contributed by atoms with Crippen LogP contribution in [0.5, 0.6) is 0 Å². The van der Waals surface area contributed by atoms with Crippen LogP contribution in [-0.2, 0) is 0 Å². The average Bonchev–Trinajstić information content (AvgIpc) is 3.24. The van der Waals surface area contributed by atoms with Gasteiger partial charge in [0, 0.05) is 0 Å². The molecule has 9 rings (SSSR count). The highest BCUT2D eigenvalue weighted by Crippen LogP contribution is 2.46. The maximum absolute atomic E-state index is 4.25. The van der Waals surface area contributed by atoms with E-state index in [9.17, 15) is 0 Å². The molecule has 0 saturated heterocycles. The fraction of sp³-hybridized carbons (Fsp3) is 0.0182. The molecule has 0 saturated carbocycles. The minimum atomic E-state index is 0. The smallest absolute Gasteiger partial charge is 0.00261 e. The van der Waals surface area contributed by atoms with Gasteiger partial charge in [-0.15, -0.1) is 0 Å². The van der Waals surface area contributed by atoms with Crippen LogP contribution in [0.3, 0.4) is 0 Å². The second kappa shape index (κ2) is 15.1. The lowest BCUT2D eigenvalue weighted by molar-refractivity contribution is 1.57. The third-order valence-electron chi connectivity index (χ3n) is 10.6. The fourth-order valence-electron chi connectivity index (χ4n) is 8.08. The van der Waals surface area contributed by atoms with Crippen LogP contribution in [0.2, 0.25) is 0 Å². The highest BCUT2D eigenvalue weighted by atomic mass is 14.2. The minimum Gasteiger partial charge on any atom is -0.0991 e. The van der Waals surface area contributed by atoms with E-state index in [4.69, 9.17) is 0 Å². The largest absolute Gasteiger partial charge is 0.0991 e. The van der Waals surface area contributed by atoms with Gasteiger partial charge in [-0.05, 0) is 105 Å². The quantitative estimate of drug-likeness (QED) is 0.109. The van der Waals surface area contributed by atoms with Crippen LogP contribution in [0.25, 0.3) is 93.5 Å². The van der Waals surface area contributed by atoms with Crippen molar-refractivity contribution in [2.24, 2.45) is 0 Å². The van der Waals surface area contributed by atoms with Gasteiger partial charge in [-0.2, -0.15) is 0 Å². The maximum atomic E-state index is 4.25.